The molecule has 0 aliphatic heterocycles. The third-order valence-electron chi connectivity index (χ3n) is 2.19. The average molecular weight is 330 g/mol. The summed E-state index contributed by atoms with van der Waals surface area (Å²) < 4.78 is 24.1. The monoisotopic (exact) mass is 329 g/mol. The number of aromatic nitrogens is 1. The van der Waals surface area contributed by atoms with Crippen LogP contribution < -0.4 is 16.0 Å². The number of carbonyl (C=O) groups is 1. The fourth-order valence-electron chi connectivity index (χ4n) is 1.30. The molecule has 1 aromatic carbocycles. The number of ether oxygens (including phenoxy) is 1. The molecule has 1 heterocycles. The van der Waals surface area contributed by atoms with E-state index in [4.69, 9.17) is 15.1 Å². The summed E-state index contributed by atoms with van der Waals surface area (Å²) in [6.07, 6.45) is 0. The first kappa shape index (κ1) is 13.5. The number of halogens is 2. The summed E-state index contributed by atoms with van der Waals surface area (Å²) in [4.78, 5) is 11.1. The Kier molecular flexibility index (Phi) is 4.13. The van der Waals surface area contributed by atoms with E-state index < -0.39 is 11.7 Å². The van der Waals surface area contributed by atoms with Crippen molar-refractivity contribution in [3.8, 4) is 5.75 Å². The summed E-state index contributed by atoms with van der Waals surface area (Å²) in [6.45, 7) is -0.0522. The van der Waals surface area contributed by atoms with Crippen LogP contribution in [0.4, 0.5) is 4.39 Å². The van der Waals surface area contributed by atoms with Gasteiger partial charge in [-0.2, -0.15) is 0 Å². The Morgan fingerprint density at radius 3 is 3.00 bits per heavy atom. The van der Waals surface area contributed by atoms with Crippen molar-refractivity contribution in [3.05, 3.63) is 46.0 Å². The van der Waals surface area contributed by atoms with Crippen molar-refractivity contribution in [2.75, 3.05) is 0 Å². The van der Waals surface area contributed by atoms with Crippen LogP contribution in [0, 0.1) is 5.82 Å². The van der Waals surface area contributed by atoms with Gasteiger partial charge in [0.15, 0.2) is 23.0 Å². The van der Waals surface area contributed by atoms with Gasteiger partial charge in [0.2, 0.25) is 0 Å². The molecule has 1 amide bonds. The number of amides is 1. The molecule has 19 heavy (non-hydrogen) atoms. The van der Waals surface area contributed by atoms with E-state index >= 15 is 0 Å². The lowest BCUT2D eigenvalue weighted by Crippen LogP contribution is -2.30. The molecule has 3 N–H and O–H groups in total. The molecule has 2 aromatic rings. The van der Waals surface area contributed by atoms with Crippen LogP contribution in [0.2, 0.25) is 0 Å². The highest BCUT2D eigenvalue weighted by Gasteiger charge is 2.12. The largest absolute Gasteiger partial charge is 0.482 e. The van der Waals surface area contributed by atoms with Crippen LogP contribution in [0.15, 0.2) is 33.3 Å². The zero-order chi connectivity index (χ0) is 13.8. The van der Waals surface area contributed by atoms with Gasteiger partial charge in [-0.05, 0) is 18.2 Å². The molecule has 0 aliphatic rings. The first-order chi connectivity index (χ1) is 9.10. The Bertz CT molecular complexity index is 603. The van der Waals surface area contributed by atoms with E-state index in [2.05, 4.69) is 21.1 Å². The molecular weight excluding hydrogens is 321 g/mol. The number of hydrogen-bond donors (Lipinski definition) is 2. The highest BCUT2D eigenvalue weighted by atomic mass is 79.9. The minimum absolute atomic E-state index is 0.0254. The standard InChI is InChI=1S/C11H9BrFN3O3/c12-6-1-2-10(8(13)3-6)18-5-7-4-9(16-19-7)11(17)15-14/h1-4H,5,14H2,(H,15,17). The Hall–Kier alpha value is -1.93. The number of hydrogen-bond acceptors (Lipinski definition) is 5. The van der Waals surface area contributed by atoms with Crippen molar-refractivity contribution in [2.24, 2.45) is 5.84 Å². The van der Waals surface area contributed by atoms with Gasteiger partial charge in [-0.15, -0.1) is 0 Å². The Labute approximate surface area is 115 Å². The summed E-state index contributed by atoms with van der Waals surface area (Å²) >= 11 is 3.14. The van der Waals surface area contributed by atoms with Gasteiger partial charge >= 0.3 is 0 Å². The normalized spacial score (nSPS) is 10.3. The zero-order valence-electron chi connectivity index (χ0n) is 9.52. The van der Waals surface area contributed by atoms with E-state index in [9.17, 15) is 9.18 Å². The quantitative estimate of drug-likeness (QED) is 0.506. The molecule has 1 aromatic heterocycles. The lowest BCUT2D eigenvalue weighted by atomic mass is 10.3. The third-order valence-corrected chi connectivity index (χ3v) is 2.68. The van der Waals surface area contributed by atoms with Crippen LogP contribution in [0.1, 0.15) is 16.2 Å². The van der Waals surface area contributed by atoms with E-state index in [0.717, 1.165) is 0 Å². The van der Waals surface area contributed by atoms with Crippen molar-refractivity contribution < 1.29 is 18.4 Å². The van der Waals surface area contributed by atoms with Crippen LogP contribution in [0.5, 0.6) is 5.75 Å². The van der Waals surface area contributed by atoms with E-state index in [0.29, 0.717) is 4.47 Å². The predicted octanol–water partition coefficient (Wildman–Crippen LogP) is 1.76. The molecule has 2 rings (SSSR count). The molecule has 0 spiro atoms. The van der Waals surface area contributed by atoms with Crippen LogP contribution >= 0.6 is 15.9 Å². The predicted molar refractivity (Wildman–Crippen MR) is 66.6 cm³/mol. The molecule has 0 fully saturated rings. The summed E-state index contributed by atoms with van der Waals surface area (Å²) in [6, 6.07) is 5.76. The number of rotatable bonds is 4. The van der Waals surface area contributed by atoms with Crippen molar-refractivity contribution in [1.82, 2.24) is 10.6 Å². The van der Waals surface area contributed by atoms with E-state index in [1.165, 1.54) is 18.2 Å². The molecule has 0 saturated carbocycles. The zero-order valence-corrected chi connectivity index (χ0v) is 11.1. The van der Waals surface area contributed by atoms with Gasteiger partial charge in [-0.3, -0.25) is 10.2 Å². The smallest absolute Gasteiger partial charge is 0.287 e. The Morgan fingerprint density at radius 2 is 2.32 bits per heavy atom. The minimum Gasteiger partial charge on any atom is -0.482 e. The van der Waals surface area contributed by atoms with Crippen molar-refractivity contribution in [1.29, 1.82) is 0 Å². The topological polar surface area (TPSA) is 90.4 Å². The van der Waals surface area contributed by atoms with Crippen molar-refractivity contribution in [3.63, 3.8) is 0 Å². The van der Waals surface area contributed by atoms with Gasteiger partial charge in [0.25, 0.3) is 5.91 Å². The second-order valence-corrected chi connectivity index (χ2v) is 4.43. The number of nitrogen functional groups attached to an aromatic ring is 1. The highest BCUT2D eigenvalue weighted by molar-refractivity contribution is 9.10. The number of nitrogens with two attached hydrogens (primary N) is 1. The first-order valence-corrected chi connectivity index (χ1v) is 5.94. The van der Waals surface area contributed by atoms with Crippen LogP contribution in [0.3, 0.4) is 0 Å². The number of nitrogens with one attached hydrogen (secondary N) is 1. The fourth-order valence-corrected chi connectivity index (χ4v) is 1.64. The minimum atomic E-state index is -0.579. The molecule has 8 heteroatoms. The fraction of sp³-hybridized carbons (Fsp3) is 0.0909. The molecule has 100 valence electrons. The molecule has 0 aliphatic carbocycles. The second-order valence-electron chi connectivity index (χ2n) is 3.52. The number of hydrazine groups is 1. The SMILES string of the molecule is NNC(=O)c1cc(COc2ccc(Br)cc2F)on1. The van der Waals surface area contributed by atoms with Gasteiger partial charge < -0.3 is 9.26 Å². The lowest BCUT2D eigenvalue weighted by Gasteiger charge is -2.04. The van der Waals surface area contributed by atoms with Gasteiger partial charge in [-0.1, -0.05) is 21.1 Å². The van der Waals surface area contributed by atoms with Crippen LogP contribution in [-0.2, 0) is 6.61 Å². The van der Waals surface area contributed by atoms with E-state index in [1.807, 2.05) is 5.43 Å². The molecular formula is C11H9BrFN3O3. The number of benzene rings is 1. The van der Waals surface area contributed by atoms with Gasteiger partial charge in [0.1, 0.15) is 6.61 Å². The van der Waals surface area contributed by atoms with Gasteiger partial charge in [0.05, 0.1) is 0 Å². The highest BCUT2D eigenvalue weighted by Crippen LogP contribution is 2.22. The maximum atomic E-state index is 13.5. The Morgan fingerprint density at radius 1 is 1.53 bits per heavy atom. The van der Waals surface area contributed by atoms with Crippen LogP contribution in [0.25, 0.3) is 0 Å². The summed E-state index contributed by atoms with van der Waals surface area (Å²) in [5, 5.41) is 3.49. The van der Waals surface area contributed by atoms with Crippen LogP contribution in [-0.4, -0.2) is 11.1 Å². The first-order valence-electron chi connectivity index (χ1n) is 5.14. The Balaban J connectivity index is 2.02. The van der Waals surface area contributed by atoms with E-state index in [1.54, 1.807) is 6.07 Å². The summed E-state index contributed by atoms with van der Waals surface area (Å²) in [5.41, 5.74) is 1.94. The van der Waals surface area contributed by atoms with Crippen molar-refractivity contribution >= 4 is 21.8 Å². The number of nitrogens with zero attached hydrogens (tertiary/aromatic N) is 1. The molecule has 0 radical (unpaired) electrons. The van der Waals surface area contributed by atoms with Crippen molar-refractivity contribution in [2.45, 2.75) is 6.61 Å². The molecule has 0 saturated heterocycles. The summed E-state index contributed by atoms with van der Waals surface area (Å²) in [7, 11) is 0. The molecule has 0 unspecified atom stereocenters. The maximum absolute atomic E-state index is 13.5. The average Bonchev–Trinajstić information content (AvgIpc) is 2.85. The molecule has 0 atom stereocenters. The number of carbonyl (C=O) groups excluding carboxylic acids is 1. The third kappa shape index (κ3) is 3.30. The molecule has 0 bridgehead atoms. The lowest BCUT2D eigenvalue weighted by molar-refractivity contribution is 0.0944. The van der Waals surface area contributed by atoms with Gasteiger partial charge in [-0.25, -0.2) is 10.2 Å². The maximum Gasteiger partial charge on any atom is 0.287 e. The summed E-state index contributed by atoms with van der Waals surface area (Å²) in [5.74, 6) is 4.21. The second kappa shape index (κ2) is 5.81. The van der Waals surface area contributed by atoms with E-state index in [-0.39, 0.29) is 23.8 Å². The van der Waals surface area contributed by atoms with Gasteiger partial charge in [0, 0.05) is 10.5 Å². The molecule has 6 nitrogen and oxygen atoms in total.